The van der Waals surface area contributed by atoms with Gasteiger partial charge in [-0.05, 0) is 19.1 Å². The van der Waals surface area contributed by atoms with E-state index in [4.69, 9.17) is 4.42 Å². The van der Waals surface area contributed by atoms with Crippen LogP contribution in [0.15, 0.2) is 45.2 Å². The molecule has 27 heavy (non-hydrogen) atoms. The van der Waals surface area contributed by atoms with Crippen LogP contribution in [0.1, 0.15) is 11.4 Å². The highest BCUT2D eigenvalue weighted by Crippen LogP contribution is 2.21. The summed E-state index contributed by atoms with van der Waals surface area (Å²) in [4.78, 5) is 33.0. The summed E-state index contributed by atoms with van der Waals surface area (Å²) in [6.45, 7) is 2.06. The molecule has 136 valence electrons. The molecule has 1 amide bonds. The molecule has 0 saturated heterocycles. The Kier molecular flexibility index (Phi) is 4.47. The summed E-state index contributed by atoms with van der Waals surface area (Å²) in [5.74, 6) is -0.107. The summed E-state index contributed by atoms with van der Waals surface area (Å²) >= 11 is 1.47. The van der Waals surface area contributed by atoms with Gasteiger partial charge < -0.3 is 4.42 Å². The zero-order valence-electron chi connectivity index (χ0n) is 14.2. The average molecular weight is 382 g/mol. The maximum atomic E-state index is 12.4. The third-order valence-corrected chi connectivity index (χ3v) is 4.59. The molecule has 0 aliphatic heterocycles. The highest BCUT2D eigenvalue weighted by molar-refractivity contribution is 7.09. The van der Waals surface area contributed by atoms with E-state index in [2.05, 4.69) is 25.5 Å². The highest BCUT2D eigenvalue weighted by Gasteiger charge is 2.14. The molecule has 0 radical (unpaired) electrons. The van der Waals surface area contributed by atoms with E-state index in [-0.39, 0.29) is 36.3 Å². The van der Waals surface area contributed by atoms with Crippen molar-refractivity contribution in [1.82, 2.24) is 24.7 Å². The second-order valence-corrected chi connectivity index (χ2v) is 6.78. The molecule has 0 spiro atoms. The van der Waals surface area contributed by atoms with Crippen molar-refractivity contribution >= 4 is 34.2 Å². The number of carbonyl (C=O) groups is 1. The van der Waals surface area contributed by atoms with Crippen molar-refractivity contribution in [2.75, 3.05) is 5.32 Å². The molecule has 0 aliphatic rings. The lowest BCUT2D eigenvalue weighted by Crippen LogP contribution is -2.23. The molecule has 0 saturated carbocycles. The summed E-state index contributed by atoms with van der Waals surface area (Å²) in [6.07, 6.45) is 1.50. The van der Waals surface area contributed by atoms with Gasteiger partial charge >= 0.3 is 6.01 Å². The predicted molar refractivity (Wildman–Crippen MR) is 99.4 cm³/mol. The van der Waals surface area contributed by atoms with Gasteiger partial charge in [0, 0.05) is 18.3 Å². The fourth-order valence-electron chi connectivity index (χ4n) is 2.51. The molecular weight excluding hydrogens is 368 g/mol. The first kappa shape index (κ1) is 17.0. The Hall–Kier alpha value is -3.40. The quantitative estimate of drug-likeness (QED) is 0.563. The van der Waals surface area contributed by atoms with Crippen LogP contribution in [0.5, 0.6) is 0 Å². The van der Waals surface area contributed by atoms with Gasteiger partial charge in [-0.3, -0.25) is 19.5 Å². The Balaban J connectivity index is 1.41. The van der Waals surface area contributed by atoms with Crippen LogP contribution >= 0.6 is 11.3 Å². The Labute approximate surface area is 156 Å². The molecule has 4 aromatic rings. The van der Waals surface area contributed by atoms with Crippen LogP contribution in [0.2, 0.25) is 0 Å². The molecule has 3 heterocycles. The maximum Gasteiger partial charge on any atom is 0.322 e. The van der Waals surface area contributed by atoms with E-state index in [0.29, 0.717) is 16.6 Å². The molecule has 3 aromatic heterocycles. The van der Waals surface area contributed by atoms with Crippen molar-refractivity contribution < 1.29 is 9.21 Å². The van der Waals surface area contributed by atoms with Crippen molar-refractivity contribution in [2.45, 2.75) is 19.9 Å². The Morgan fingerprint density at radius 3 is 2.96 bits per heavy atom. The van der Waals surface area contributed by atoms with E-state index in [1.165, 1.54) is 22.2 Å². The first-order valence-electron chi connectivity index (χ1n) is 8.10. The fourth-order valence-corrected chi connectivity index (χ4v) is 3.09. The normalized spacial score (nSPS) is 11.0. The van der Waals surface area contributed by atoms with Crippen LogP contribution in [0, 0.1) is 6.92 Å². The van der Waals surface area contributed by atoms with Crippen LogP contribution in [0.4, 0.5) is 6.01 Å². The Bertz CT molecular complexity index is 1180. The molecule has 9 nitrogen and oxygen atoms in total. The molecule has 0 aliphatic carbocycles. The Morgan fingerprint density at radius 1 is 1.30 bits per heavy atom. The van der Waals surface area contributed by atoms with E-state index in [0.717, 1.165) is 5.01 Å². The number of thiazole rings is 1. The molecule has 1 N–H and O–H groups in total. The molecule has 4 rings (SSSR count). The minimum absolute atomic E-state index is 0.00960. The van der Waals surface area contributed by atoms with Crippen LogP contribution < -0.4 is 10.9 Å². The molecular formula is C17H14N6O3S. The monoisotopic (exact) mass is 382 g/mol. The van der Waals surface area contributed by atoms with Gasteiger partial charge in [0.05, 0.1) is 22.2 Å². The first-order valence-corrected chi connectivity index (χ1v) is 8.98. The number of para-hydroxylation sites is 1. The zero-order valence-corrected chi connectivity index (χ0v) is 15.1. The van der Waals surface area contributed by atoms with Crippen molar-refractivity contribution in [1.29, 1.82) is 0 Å². The zero-order chi connectivity index (χ0) is 18.8. The number of fused-ring (bicyclic) bond motifs is 1. The lowest BCUT2D eigenvalue weighted by atomic mass is 10.2. The van der Waals surface area contributed by atoms with Crippen molar-refractivity contribution in [3.05, 3.63) is 51.3 Å². The van der Waals surface area contributed by atoms with Crippen molar-refractivity contribution in [2.24, 2.45) is 0 Å². The van der Waals surface area contributed by atoms with Crippen molar-refractivity contribution in [3.63, 3.8) is 0 Å². The van der Waals surface area contributed by atoms with E-state index < -0.39 is 0 Å². The van der Waals surface area contributed by atoms with Gasteiger partial charge in [0.1, 0.15) is 5.69 Å². The second kappa shape index (κ2) is 7.08. The number of amides is 1. The minimum Gasteiger partial charge on any atom is -0.401 e. The molecule has 0 atom stereocenters. The molecule has 0 unspecified atom stereocenters. The lowest BCUT2D eigenvalue weighted by molar-refractivity contribution is -0.116. The molecule has 0 fully saturated rings. The number of nitrogens with zero attached hydrogens (tertiary/aromatic N) is 5. The van der Waals surface area contributed by atoms with Gasteiger partial charge in [-0.1, -0.05) is 17.2 Å². The number of nitrogens with one attached hydrogen (secondary N) is 1. The van der Waals surface area contributed by atoms with E-state index in [1.54, 1.807) is 23.6 Å². The summed E-state index contributed by atoms with van der Waals surface area (Å²) in [5, 5.41) is 13.4. The van der Waals surface area contributed by atoms with Gasteiger partial charge in [0.25, 0.3) is 11.4 Å². The second-order valence-electron chi connectivity index (χ2n) is 5.72. The SMILES string of the molecule is Cc1nc(-c2nnc(NC(=O)CCn3cnc4ccccc4c3=O)o2)cs1. The predicted octanol–water partition coefficient (Wildman–Crippen LogP) is 2.24. The van der Waals surface area contributed by atoms with Gasteiger partial charge in [0.2, 0.25) is 5.91 Å². The fraction of sp³-hybridized carbons (Fsp3) is 0.176. The molecule has 0 bridgehead atoms. The van der Waals surface area contributed by atoms with Crippen LogP contribution in [0.25, 0.3) is 22.5 Å². The highest BCUT2D eigenvalue weighted by atomic mass is 32.1. The smallest absolute Gasteiger partial charge is 0.322 e. The topological polar surface area (TPSA) is 116 Å². The Morgan fingerprint density at radius 2 is 2.15 bits per heavy atom. The number of carbonyl (C=O) groups excluding carboxylic acids is 1. The standard InChI is InChI=1S/C17H14N6O3S/c1-10-19-13(8-27-10)15-21-22-17(26-15)20-14(24)6-7-23-9-18-12-5-3-2-4-11(12)16(23)25/h2-5,8-9H,6-7H2,1H3,(H,20,22,24). The summed E-state index contributed by atoms with van der Waals surface area (Å²) in [5.41, 5.74) is 1.01. The number of benzene rings is 1. The average Bonchev–Trinajstić information content (AvgIpc) is 3.30. The minimum atomic E-state index is -0.347. The number of aryl methyl sites for hydroxylation is 2. The number of rotatable bonds is 5. The van der Waals surface area contributed by atoms with Crippen LogP contribution in [-0.2, 0) is 11.3 Å². The summed E-state index contributed by atoms with van der Waals surface area (Å²) in [7, 11) is 0. The van der Waals surface area contributed by atoms with Gasteiger partial charge in [0.15, 0.2) is 0 Å². The third-order valence-electron chi connectivity index (χ3n) is 3.82. The summed E-state index contributed by atoms with van der Waals surface area (Å²) in [6, 6.07) is 7.06. The van der Waals surface area contributed by atoms with Crippen LogP contribution in [-0.4, -0.2) is 30.6 Å². The van der Waals surface area contributed by atoms with E-state index >= 15 is 0 Å². The van der Waals surface area contributed by atoms with E-state index in [1.807, 2.05) is 13.0 Å². The number of hydrogen-bond acceptors (Lipinski definition) is 8. The van der Waals surface area contributed by atoms with Crippen LogP contribution in [0.3, 0.4) is 0 Å². The lowest BCUT2D eigenvalue weighted by Gasteiger charge is -2.06. The number of anilines is 1. The van der Waals surface area contributed by atoms with Crippen molar-refractivity contribution in [3.8, 4) is 11.6 Å². The van der Waals surface area contributed by atoms with Gasteiger partial charge in [-0.2, -0.15) is 0 Å². The number of aromatic nitrogens is 5. The van der Waals surface area contributed by atoms with Gasteiger partial charge in [-0.25, -0.2) is 9.97 Å². The summed E-state index contributed by atoms with van der Waals surface area (Å²) < 4.78 is 6.80. The van der Waals surface area contributed by atoms with Gasteiger partial charge in [-0.15, -0.1) is 16.4 Å². The number of hydrogen-bond donors (Lipinski definition) is 1. The maximum absolute atomic E-state index is 12.4. The largest absolute Gasteiger partial charge is 0.401 e. The molecule has 10 heteroatoms. The molecule has 1 aromatic carbocycles. The van der Waals surface area contributed by atoms with E-state index in [9.17, 15) is 9.59 Å². The third kappa shape index (κ3) is 3.60. The first-order chi connectivity index (χ1) is 13.1.